The van der Waals surface area contributed by atoms with Gasteiger partial charge in [0, 0.05) is 24.4 Å². The summed E-state index contributed by atoms with van der Waals surface area (Å²) in [5.74, 6) is 1.05. The van der Waals surface area contributed by atoms with E-state index in [2.05, 4.69) is 102 Å². The van der Waals surface area contributed by atoms with Crippen molar-refractivity contribution in [3.8, 4) is 11.4 Å². The fourth-order valence-electron chi connectivity index (χ4n) is 4.28. The van der Waals surface area contributed by atoms with E-state index in [1.54, 1.807) is 0 Å². The van der Waals surface area contributed by atoms with Crippen LogP contribution in [0.2, 0.25) is 0 Å². The van der Waals surface area contributed by atoms with E-state index in [1.165, 1.54) is 27.8 Å². The number of benzene rings is 3. The molecule has 0 unspecified atom stereocenters. The van der Waals surface area contributed by atoms with E-state index in [4.69, 9.17) is 0 Å². The highest BCUT2D eigenvalue weighted by atomic mass is 15.2. The normalized spacial score (nSPS) is 17.7. The first-order valence-corrected chi connectivity index (χ1v) is 9.04. The third kappa shape index (κ3) is 2.08. The number of aryl methyl sites for hydroxylation is 1. The van der Waals surface area contributed by atoms with Gasteiger partial charge in [0.1, 0.15) is 11.4 Å². The van der Waals surface area contributed by atoms with Crippen LogP contribution in [0.3, 0.4) is 0 Å². The molecule has 0 amide bonds. The summed E-state index contributed by atoms with van der Waals surface area (Å²) in [7, 11) is 0. The molecule has 4 aromatic rings. The topological polar surface area (TPSA) is 17.8 Å². The largest absolute Gasteiger partial charge is 0.316 e. The Kier molecular flexibility index (Phi) is 3.32. The Balaban J connectivity index is 1.82. The predicted molar refractivity (Wildman–Crippen MR) is 105 cm³/mol. The Morgan fingerprint density at radius 1 is 0.846 bits per heavy atom. The number of nitrogens with zero attached hydrogens (tertiary/aromatic N) is 2. The van der Waals surface area contributed by atoms with Crippen molar-refractivity contribution < 1.29 is 0 Å². The molecule has 0 saturated heterocycles. The highest BCUT2D eigenvalue weighted by molar-refractivity contribution is 5.71. The number of fused-ring (bicyclic) bond motifs is 3. The average molecular weight is 336 g/mol. The lowest BCUT2D eigenvalue weighted by atomic mass is 9.78. The van der Waals surface area contributed by atoms with E-state index >= 15 is 0 Å². The van der Waals surface area contributed by atoms with Crippen LogP contribution in [0.25, 0.3) is 11.4 Å². The molecule has 26 heavy (non-hydrogen) atoms. The number of aromatic nitrogens is 2. The monoisotopic (exact) mass is 336 g/mol. The lowest BCUT2D eigenvalue weighted by molar-refractivity contribution is 0.450. The van der Waals surface area contributed by atoms with Crippen molar-refractivity contribution >= 4 is 0 Å². The van der Waals surface area contributed by atoms with E-state index in [1.807, 2.05) is 6.20 Å². The third-order valence-corrected chi connectivity index (χ3v) is 5.50. The minimum atomic E-state index is -0.266. The standard InChI is InChI=1S/C24H20N2/c1-18-11-13-20(14-12-18)24(17-19-7-3-2-4-8-19)22-10-6-5-9-21(22)23-25-15-16-26(23)24/h2-16H,17H2,1H3/t24-/m1/s1. The molecule has 0 spiro atoms. The van der Waals surface area contributed by atoms with Gasteiger partial charge >= 0.3 is 0 Å². The lowest BCUT2D eigenvalue weighted by Crippen LogP contribution is -2.35. The minimum Gasteiger partial charge on any atom is -0.316 e. The lowest BCUT2D eigenvalue weighted by Gasteiger charge is -2.34. The Bertz CT molecular complexity index is 1060. The van der Waals surface area contributed by atoms with Gasteiger partial charge in [-0.15, -0.1) is 0 Å². The zero-order chi connectivity index (χ0) is 17.6. The highest BCUT2D eigenvalue weighted by Crippen LogP contribution is 2.48. The second-order valence-electron chi connectivity index (χ2n) is 7.06. The molecule has 5 rings (SSSR count). The van der Waals surface area contributed by atoms with Crippen LogP contribution in [0.5, 0.6) is 0 Å². The number of imidazole rings is 1. The van der Waals surface area contributed by atoms with E-state index in [0.717, 1.165) is 12.2 Å². The van der Waals surface area contributed by atoms with Crippen molar-refractivity contribution in [2.75, 3.05) is 0 Å². The Hall–Kier alpha value is -3.13. The van der Waals surface area contributed by atoms with Gasteiger partial charge < -0.3 is 4.57 Å². The maximum Gasteiger partial charge on any atom is 0.141 e. The smallest absolute Gasteiger partial charge is 0.141 e. The first-order valence-electron chi connectivity index (χ1n) is 9.04. The first-order chi connectivity index (χ1) is 12.8. The molecule has 0 aliphatic carbocycles. The Labute approximate surface area is 153 Å². The first kappa shape index (κ1) is 15.2. The summed E-state index contributed by atoms with van der Waals surface area (Å²) in [6.07, 6.45) is 4.94. The second kappa shape index (κ2) is 5.70. The maximum absolute atomic E-state index is 4.68. The Morgan fingerprint density at radius 2 is 1.58 bits per heavy atom. The molecule has 2 nitrogen and oxygen atoms in total. The van der Waals surface area contributed by atoms with Crippen molar-refractivity contribution in [3.63, 3.8) is 0 Å². The van der Waals surface area contributed by atoms with Crippen LogP contribution in [0.1, 0.15) is 22.3 Å². The van der Waals surface area contributed by atoms with Crippen LogP contribution >= 0.6 is 0 Å². The third-order valence-electron chi connectivity index (χ3n) is 5.50. The van der Waals surface area contributed by atoms with E-state index in [-0.39, 0.29) is 5.54 Å². The molecule has 0 fully saturated rings. The van der Waals surface area contributed by atoms with Crippen LogP contribution < -0.4 is 0 Å². The molecular weight excluding hydrogens is 316 g/mol. The molecule has 126 valence electrons. The zero-order valence-corrected chi connectivity index (χ0v) is 14.8. The van der Waals surface area contributed by atoms with Gasteiger partial charge in [-0.05, 0) is 23.6 Å². The van der Waals surface area contributed by atoms with Crippen molar-refractivity contribution in [3.05, 3.63) is 114 Å². The molecule has 1 atom stereocenters. The van der Waals surface area contributed by atoms with Crippen LogP contribution in [0.15, 0.2) is 91.3 Å². The summed E-state index contributed by atoms with van der Waals surface area (Å²) in [4.78, 5) is 4.68. The summed E-state index contributed by atoms with van der Waals surface area (Å²) in [6, 6.07) is 28.4. The van der Waals surface area contributed by atoms with Gasteiger partial charge in [-0.3, -0.25) is 0 Å². The highest BCUT2D eigenvalue weighted by Gasteiger charge is 2.44. The average Bonchev–Trinajstić information content (AvgIpc) is 3.26. The van der Waals surface area contributed by atoms with E-state index in [9.17, 15) is 0 Å². The predicted octanol–water partition coefficient (Wildman–Crippen LogP) is 5.21. The van der Waals surface area contributed by atoms with Gasteiger partial charge in [-0.2, -0.15) is 0 Å². The van der Waals surface area contributed by atoms with Gasteiger partial charge in [-0.25, -0.2) is 4.98 Å². The fraction of sp³-hybridized carbons (Fsp3) is 0.125. The number of hydrogen-bond acceptors (Lipinski definition) is 1. The van der Waals surface area contributed by atoms with Gasteiger partial charge in [0.05, 0.1) is 0 Å². The quantitative estimate of drug-likeness (QED) is 0.502. The van der Waals surface area contributed by atoms with Gasteiger partial charge in [0.25, 0.3) is 0 Å². The van der Waals surface area contributed by atoms with Crippen molar-refractivity contribution in [1.29, 1.82) is 0 Å². The molecule has 3 aromatic carbocycles. The number of rotatable bonds is 3. The molecule has 2 heterocycles. The molecular formula is C24H20N2. The van der Waals surface area contributed by atoms with Crippen LogP contribution in [0, 0.1) is 6.92 Å². The summed E-state index contributed by atoms with van der Waals surface area (Å²) in [6.45, 7) is 2.14. The van der Waals surface area contributed by atoms with Gasteiger partial charge in [0.15, 0.2) is 0 Å². The summed E-state index contributed by atoms with van der Waals surface area (Å²) in [5, 5.41) is 0. The summed E-state index contributed by atoms with van der Waals surface area (Å²) in [5.41, 5.74) is 6.20. The van der Waals surface area contributed by atoms with Crippen molar-refractivity contribution in [2.24, 2.45) is 0 Å². The van der Waals surface area contributed by atoms with Crippen LogP contribution in [-0.4, -0.2) is 9.55 Å². The molecule has 1 aliphatic heterocycles. The molecule has 2 heteroatoms. The van der Waals surface area contributed by atoms with E-state index < -0.39 is 0 Å². The maximum atomic E-state index is 4.68. The molecule has 0 radical (unpaired) electrons. The number of hydrogen-bond donors (Lipinski definition) is 0. The molecule has 0 N–H and O–H groups in total. The van der Waals surface area contributed by atoms with Crippen LogP contribution in [0.4, 0.5) is 0 Å². The second-order valence-corrected chi connectivity index (χ2v) is 7.06. The van der Waals surface area contributed by atoms with Crippen LogP contribution in [-0.2, 0) is 12.0 Å². The zero-order valence-electron chi connectivity index (χ0n) is 14.8. The minimum absolute atomic E-state index is 0.266. The molecule has 0 saturated carbocycles. The van der Waals surface area contributed by atoms with Gasteiger partial charge in [0.2, 0.25) is 0 Å². The molecule has 1 aliphatic rings. The summed E-state index contributed by atoms with van der Waals surface area (Å²) >= 11 is 0. The Morgan fingerprint density at radius 3 is 2.38 bits per heavy atom. The SMILES string of the molecule is Cc1ccc([C@]2(Cc3ccccc3)c3ccccc3-c3nccn32)cc1. The molecule has 0 bridgehead atoms. The van der Waals surface area contributed by atoms with E-state index in [0.29, 0.717) is 0 Å². The van der Waals surface area contributed by atoms with Crippen molar-refractivity contribution in [1.82, 2.24) is 9.55 Å². The fourth-order valence-corrected chi connectivity index (χ4v) is 4.28. The van der Waals surface area contributed by atoms with Crippen molar-refractivity contribution in [2.45, 2.75) is 18.9 Å². The molecule has 1 aromatic heterocycles. The van der Waals surface area contributed by atoms with Gasteiger partial charge in [-0.1, -0.05) is 84.4 Å². The summed E-state index contributed by atoms with van der Waals surface area (Å²) < 4.78 is 2.36.